The number of nitrogens with zero attached hydrogens (tertiary/aromatic N) is 2. The van der Waals surface area contributed by atoms with Crippen LogP contribution in [0.15, 0.2) is 35.3 Å². The highest BCUT2D eigenvalue weighted by Gasteiger charge is 2.12. The molecule has 1 N–H and O–H groups in total. The van der Waals surface area contributed by atoms with Gasteiger partial charge in [0.25, 0.3) is 0 Å². The maximum absolute atomic E-state index is 5.76. The molecule has 0 fully saturated rings. The standard InChI is InChI=1S/C18H26BrN3O2/c1-4-7-24-18-16(19)8-15(9-17(18)23-3)11-21-10-14(2)12-22-6-5-20-13-22/h5-6,8-9,13-14,21H,4,7,10-12H2,1-3H3. The van der Waals surface area contributed by atoms with Crippen LogP contribution < -0.4 is 14.8 Å². The van der Waals surface area contributed by atoms with E-state index in [1.807, 2.05) is 24.8 Å². The van der Waals surface area contributed by atoms with Gasteiger partial charge in [0, 0.05) is 25.5 Å². The predicted octanol–water partition coefficient (Wildman–Crippen LogP) is 3.87. The SMILES string of the molecule is CCCOc1c(Br)cc(CNCC(C)Cn2ccnc2)cc1OC. The second-order valence-electron chi connectivity index (χ2n) is 5.95. The summed E-state index contributed by atoms with van der Waals surface area (Å²) in [6.07, 6.45) is 6.63. The first kappa shape index (κ1) is 18.8. The van der Waals surface area contributed by atoms with E-state index in [1.165, 1.54) is 0 Å². The normalized spacial score (nSPS) is 12.2. The maximum Gasteiger partial charge on any atom is 0.175 e. The van der Waals surface area contributed by atoms with Gasteiger partial charge in [-0.2, -0.15) is 0 Å². The highest BCUT2D eigenvalue weighted by Crippen LogP contribution is 2.36. The second-order valence-corrected chi connectivity index (χ2v) is 6.81. The van der Waals surface area contributed by atoms with Crippen LogP contribution in [0.3, 0.4) is 0 Å². The number of methoxy groups -OCH3 is 1. The summed E-state index contributed by atoms with van der Waals surface area (Å²) in [4.78, 5) is 4.07. The van der Waals surface area contributed by atoms with Crippen LogP contribution in [0.5, 0.6) is 11.5 Å². The molecule has 132 valence electrons. The lowest BCUT2D eigenvalue weighted by Crippen LogP contribution is -2.23. The Bertz CT molecular complexity index is 617. The molecule has 1 unspecified atom stereocenters. The third kappa shape index (κ3) is 5.53. The van der Waals surface area contributed by atoms with Crippen molar-refractivity contribution in [3.8, 4) is 11.5 Å². The van der Waals surface area contributed by atoms with Crippen LogP contribution in [0.25, 0.3) is 0 Å². The van der Waals surface area contributed by atoms with Crippen molar-refractivity contribution in [2.45, 2.75) is 33.4 Å². The minimum Gasteiger partial charge on any atom is -0.493 e. The summed E-state index contributed by atoms with van der Waals surface area (Å²) >= 11 is 3.59. The van der Waals surface area contributed by atoms with E-state index < -0.39 is 0 Å². The van der Waals surface area contributed by atoms with Gasteiger partial charge in [-0.15, -0.1) is 0 Å². The summed E-state index contributed by atoms with van der Waals surface area (Å²) in [7, 11) is 1.67. The lowest BCUT2D eigenvalue weighted by molar-refractivity contribution is 0.292. The van der Waals surface area contributed by atoms with Gasteiger partial charge in [0.2, 0.25) is 0 Å². The summed E-state index contributed by atoms with van der Waals surface area (Å²) in [5.74, 6) is 2.06. The van der Waals surface area contributed by atoms with Gasteiger partial charge in [-0.3, -0.25) is 0 Å². The minimum absolute atomic E-state index is 0.525. The van der Waals surface area contributed by atoms with Crippen LogP contribution in [0.1, 0.15) is 25.8 Å². The molecule has 1 heterocycles. The Balaban J connectivity index is 1.88. The van der Waals surface area contributed by atoms with Crippen molar-refractivity contribution >= 4 is 15.9 Å². The van der Waals surface area contributed by atoms with Crippen LogP contribution >= 0.6 is 15.9 Å². The average molecular weight is 396 g/mol. The fraction of sp³-hybridized carbons (Fsp3) is 0.500. The molecular weight excluding hydrogens is 370 g/mol. The molecule has 0 amide bonds. The number of hydrogen-bond acceptors (Lipinski definition) is 4. The molecule has 0 saturated heterocycles. The van der Waals surface area contributed by atoms with Crippen molar-refractivity contribution in [1.29, 1.82) is 0 Å². The van der Waals surface area contributed by atoms with Crippen molar-refractivity contribution in [3.63, 3.8) is 0 Å². The van der Waals surface area contributed by atoms with Crippen molar-refractivity contribution in [2.75, 3.05) is 20.3 Å². The van der Waals surface area contributed by atoms with Gasteiger partial charge < -0.3 is 19.4 Å². The van der Waals surface area contributed by atoms with E-state index in [1.54, 1.807) is 7.11 Å². The van der Waals surface area contributed by atoms with Crippen molar-refractivity contribution in [2.24, 2.45) is 5.92 Å². The van der Waals surface area contributed by atoms with Crippen molar-refractivity contribution in [1.82, 2.24) is 14.9 Å². The minimum atomic E-state index is 0.525. The average Bonchev–Trinajstić information content (AvgIpc) is 3.06. The molecule has 6 heteroatoms. The van der Waals surface area contributed by atoms with E-state index in [2.05, 4.69) is 50.7 Å². The number of rotatable bonds is 10. The molecule has 0 aliphatic rings. The summed E-state index contributed by atoms with van der Waals surface area (Å²) in [6.45, 7) is 7.68. The van der Waals surface area contributed by atoms with E-state index in [0.717, 1.165) is 47.6 Å². The number of aromatic nitrogens is 2. The second kappa shape index (κ2) is 9.69. The molecule has 0 radical (unpaired) electrons. The van der Waals surface area contributed by atoms with Gasteiger partial charge in [-0.25, -0.2) is 4.98 Å². The topological polar surface area (TPSA) is 48.3 Å². The number of hydrogen-bond donors (Lipinski definition) is 1. The number of benzene rings is 1. The predicted molar refractivity (Wildman–Crippen MR) is 99.6 cm³/mol. The molecule has 2 aromatic rings. The Morgan fingerprint density at radius 3 is 2.88 bits per heavy atom. The van der Waals surface area contributed by atoms with Crippen LogP contribution in [-0.4, -0.2) is 29.8 Å². The van der Waals surface area contributed by atoms with E-state index >= 15 is 0 Å². The van der Waals surface area contributed by atoms with E-state index in [4.69, 9.17) is 9.47 Å². The fourth-order valence-corrected chi connectivity index (χ4v) is 3.11. The van der Waals surface area contributed by atoms with E-state index in [-0.39, 0.29) is 0 Å². The third-order valence-electron chi connectivity index (χ3n) is 3.64. The Kier molecular flexibility index (Phi) is 7.59. The first-order chi connectivity index (χ1) is 11.6. The van der Waals surface area contributed by atoms with Crippen molar-refractivity contribution < 1.29 is 9.47 Å². The summed E-state index contributed by atoms with van der Waals surface area (Å²) in [5.41, 5.74) is 1.16. The van der Waals surface area contributed by atoms with Gasteiger partial charge in [-0.05, 0) is 52.5 Å². The van der Waals surface area contributed by atoms with Gasteiger partial charge in [0.05, 0.1) is 24.5 Å². The largest absolute Gasteiger partial charge is 0.493 e. The zero-order valence-electron chi connectivity index (χ0n) is 14.6. The molecule has 0 spiro atoms. The van der Waals surface area contributed by atoms with Crippen LogP contribution in [0.4, 0.5) is 0 Å². The molecule has 1 aromatic heterocycles. The van der Waals surface area contributed by atoms with Gasteiger partial charge in [0.1, 0.15) is 0 Å². The highest BCUT2D eigenvalue weighted by atomic mass is 79.9. The zero-order valence-corrected chi connectivity index (χ0v) is 16.2. The lowest BCUT2D eigenvalue weighted by Gasteiger charge is -2.16. The molecule has 0 bridgehead atoms. The van der Waals surface area contributed by atoms with Crippen molar-refractivity contribution in [3.05, 3.63) is 40.9 Å². The quantitative estimate of drug-likeness (QED) is 0.663. The Labute approximate surface area is 152 Å². The van der Waals surface area contributed by atoms with E-state index in [0.29, 0.717) is 12.5 Å². The Hall–Kier alpha value is -1.53. The number of nitrogens with one attached hydrogen (secondary N) is 1. The molecule has 0 aliphatic carbocycles. The zero-order chi connectivity index (χ0) is 17.4. The van der Waals surface area contributed by atoms with E-state index in [9.17, 15) is 0 Å². The molecular formula is C18H26BrN3O2. The Morgan fingerprint density at radius 2 is 2.21 bits per heavy atom. The first-order valence-electron chi connectivity index (χ1n) is 8.29. The van der Waals surface area contributed by atoms with Crippen LogP contribution in [0.2, 0.25) is 0 Å². The summed E-state index contributed by atoms with van der Waals surface area (Å²) in [5, 5.41) is 3.50. The molecule has 1 aromatic carbocycles. The molecule has 0 aliphatic heterocycles. The van der Waals surface area contributed by atoms with Gasteiger partial charge in [-0.1, -0.05) is 13.8 Å². The number of ether oxygens (including phenoxy) is 2. The van der Waals surface area contributed by atoms with Gasteiger partial charge in [0.15, 0.2) is 11.5 Å². The smallest absolute Gasteiger partial charge is 0.175 e. The first-order valence-corrected chi connectivity index (χ1v) is 9.09. The monoisotopic (exact) mass is 395 g/mol. The molecule has 0 saturated carbocycles. The summed E-state index contributed by atoms with van der Waals surface area (Å²) in [6, 6.07) is 4.12. The maximum atomic E-state index is 5.76. The highest BCUT2D eigenvalue weighted by molar-refractivity contribution is 9.10. The molecule has 2 rings (SSSR count). The fourth-order valence-electron chi connectivity index (χ4n) is 2.50. The number of imidazole rings is 1. The lowest BCUT2D eigenvalue weighted by atomic mass is 10.1. The molecule has 24 heavy (non-hydrogen) atoms. The molecule has 1 atom stereocenters. The third-order valence-corrected chi connectivity index (χ3v) is 4.23. The number of halogens is 1. The molecule has 5 nitrogen and oxygen atoms in total. The van der Waals surface area contributed by atoms with Gasteiger partial charge >= 0.3 is 0 Å². The summed E-state index contributed by atoms with van der Waals surface area (Å²) < 4.78 is 14.3. The Morgan fingerprint density at radius 1 is 1.38 bits per heavy atom. The van der Waals surface area contributed by atoms with Crippen LogP contribution in [-0.2, 0) is 13.1 Å². The van der Waals surface area contributed by atoms with Crippen LogP contribution in [0, 0.1) is 5.92 Å².